The second-order valence-corrected chi connectivity index (χ2v) is 6.18. The topological polar surface area (TPSA) is 56.6 Å². The molecular weight excluding hydrogens is 282 g/mol. The first-order valence-corrected chi connectivity index (χ1v) is 8.25. The zero-order valence-corrected chi connectivity index (χ0v) is 13.2. The van der Waals surface area contributed by atoms with Gasteiger partial charge < -0.3 is 14.4 Å². The van der Waals surface area contributed by atoms with Crippen molar-refractivity contribution in [2.45, 2.75) is 50.9 Å². The number of carbonyl (C=O) groups excluding carboxylic acids is 1. The maximum Gasteiger partial charge on any atom is 0.251 e. The summed E-state index contributed by atoms with van der Waals surface area (Å²) in [5, 5.41) is 4.30. The normalized spacial score (nSPS) is 27.0. The zero-order chi connectivity index (χ0) is 15.4. The van der Waals surface area contributed by atoms with E-state index in [0.717, 1.165) is 38.8 Å². The van der Waals surface area contributed by atoms with Gasteiger partial charge in [-0.3, -0.25) is 9.48 Å². The number of piperidine rings is 1. The summed E-state index contributed by atoms with van der Waals surface area (Å²) in [6.45, 7) is 4.70. The molecule has 2 saturated heterocycles. The minimum absolute atomic E-state index is 0.0786. The van der Waals surface area contributed by atoms with Crippen LogP contribution in [-0.4, -0.2) is 59.1 Å². The molecule has 0 radical (unpaired) electrons. The molecule has 3 heterocycles. The Bertz CT molecular complexity index is 471. The molecule has 22 heavy (non-hydrogen) atoms. The number of likely N-dealkylation sites (tertiary alicyclic amines) is 1. The number of ether oxygens (including phenoxy) is 2. The van der Waals surface area contributed by atoms with E-state index in [0.29, 0.717) is 13.2 Å². The number of aromatic nitrogens is 2. The number of rotatable bonds is 5. The minimum atomic E-state index is -0.402. The fraction of sp³-hybridized carbons (Fsp3) is 0.750. The highest BCUT2D eigenvalue weighted by Gasteiger charge is 2.29. The molecule has 0 aliphatic carbocycles. The summed E-state index contributed by atoms with van der Waals surface area (Å²) in [7, 11) is 0. The average molecular weight is 307 g/mol. The molecule has 0 aromatic carbocycles. The SMILES string of the molecule is CC(OCC1CCCO1)C(=O)N1CCCC(n2cccn2)C1. The van der Waals surface area contributed by atoms with Gasteiger partial charge in [-0.1, -0.05) is 0 Å². The lowest BCUT2D eigenvalue weighted by Gasteiger charge is -2.34. The Labute approximate surface area is 131 Å². The molecule has 3 rings (SSSR count). The lowest BCUT2D eigenvalue weighted by molar-refractivity contribution is -0.146. The van der Waals surface area contributed by atoms with Gasteiger partial charge in [0.2, 0.25) is 0 Å². The van der Waals surface area contributed by atoms with Gasteiger partial charge in [-0.25, -0.2) is 0 Å². The lowest BCUT2D eigenvalue weighted by Crippen LogP contribution is -2.45. The van der Waals surface area contributed by atoms with Crippen molar-refractivity contribution in [3.63, 3.8) is 0 Å². The summed E-state index contributed by atoms with van der Waals surface area (Å²) in [6, 6.07) is 2.20. The summed E-state index contributed by atoms with van der Waals surface area (Å²) < 4.78 is 13.2. The van der Waals surface area contributed by atoms with E-state index in [1.165, 1.54) is 0 Å². The Kier molecular flexibility index (Phi) is 5.10. The Balaban J connectivity index is 1.50. The molecule has 2 aliphatic heterocycles. The van der Waals surface area contributed by atoms with Crippen LogP contribution < -0.4 is 0 Å². The van der Waals surface area contributed by atoms with Gasteiger partial charge in [0.05, 0.1) is 18.8 Å². The van der Waals surface area contributed by atoms with E-state index in [2.05, 4.69) is 5.10 Å². The van der Waals surface area contributed by atoms with Crippen molar-refractivity contribution in [1.29, 1.82) is 0 Å². The Hall–Kier alpha value is -1.40. The van der Waals surface area contributed by atoms with Gasteiger partial charge >= 0.3 is 0 Å². The van der Waals surface area contributed by atoms with E-state index in [4.69, 9.17) is 9.47 Å². The van der Waals surface area contributed by atoms with Crippen LogP contribution in [0.1, 0.15) is 38.6 Å². The van der Waals surface area contributed by atoms with Crippen LogP contribution in [0.15, 0.2) is 18.5 Å². The van der Waals surface area contributed by atoms with Crippen LogP contribution in [0.25, 0.3) is 0 Å². The van der Waals surface area contributed by atoms with E-state index in [1.807, 2.05) is 28.8 Å². The standard InChI is InChI=1S/C16H25N3O3/c1-13(22-12-15-6-3-10-21-15)16(20)18-8-2-5-14(11-18)19-9-4-7-17-19/h4,7,9,13-15H,2-3,5-6,8,10-12H2,1H3. The van der Waals surface area contributed by atoms with Gasteiger partial charge in [-0.15, -0.1) is 0 Å². The van der Waals surface area contributed by atoms with Crippen molar-refractivity contribution in [2.24, 2.45) is 0 Å². The quantitative estimate of drug-likeness (QED) is 0.829. The number of nitrogens with zero attached hydrogens (tertiary/aromatic N) is 3. The van der Waals surface area contributed by atoms with Crippen molar-refractivity contribution in [3.8, 4) is 0 Å². The first-order valence-electron chi connectivity index (χ1n) is 8.25. The molecule has 3 atom stereocenters. The number of amides is 1. The highest BCUT2D eigenvalue weighted by Crippen LogP contribution is 2.21. The summed E-state index contributed by atoms with van der Waals surface area (Å²) in [5.74, 6) is 0.0786. The fourth-order valence-electron chi connectivity index (χ4n) is 3.22. The maximum absolute atomic E-state index is 12.5. The third-order valence-electron chi connectivity index (χ3n) is 4.51. The summed E-state index contributed by atoms with van der Waals surface area (Å²) >= 11 is 0. The van der Waals surface area contributed by atoms with E-state index in [1.54, 1.807) is 6.20 Å². The summed E-state index contributed by atoms with van der Waals surface area (Å²) in [4.78, 5) is 14.5. The smallest absolute Gasteiger partial charge is 0.251 e. The fourth-order valence-corrected chi connectivity index (χ4v) is 3.22. The average Bonchev–Trinajstić information content (AvgIpc) is 3.25. The van der Waals surface area contributed by atoms with E-state index < -0.39 is 6.10 Å². The second kappa shape index (κ2) is 7.24. The Morgan fingerprint density at radius 1 is 1.45 bits per heavy atom. The predicted octanol–water partition coefficient (Wildman–Crippen LogP) is 1.63. The van der Waals surface area contributed by atoms with E-state index >= 15 is 0 Å². The molecule has 1 amide bonds. The van der Waals surface area contributed by atoms with Gasteiger partial charge in [0.1, 0.15) is 6.10 Å². The van der Waals surface area contributed by atoms with E-state index in [9.17, 15) is 4.79 Å². The van der Waals surface area contributed by atoms with Gasteiger partial charge in [-0.05, 0) is 38.7 Å². The Morgan fingerprint density at radius 2 is 2.36 bits per heavy atom. The third kappa shape index (κ3) is 3.67. The van der Waals surface area contributed by atoms with Crippen LogP contribution in [-0.2, 0) is 14.3 Å². The van der Waals surface area contributed by atoms with Crippen molar-refractivity contribution in [3.05, 3.63) is 18.5 Å². The lowest BCUT2D eigenvalue weighted by atomic mass is 10.1. The highest BCUT2D eigenvalue weighted by molar-refractivity contribution is 5.80. The van der Waals surface area contributed by atoms with Gasteiger partial charge in [0, 0.05) is 32.1 Å². The third-order valence-corrected chi connectivity index (χ3v) is 4.51. The second-order valence-electron chi connectivity index (χ2n) is 6.18. The minimum Gasteiger partial charge on any atom is -0.376 e. The summed E-state index contributed by atoms with van der Waals surface area (Å²) in [6.07, 6.45) is 7.71. The number of hydrogen-bond acceptors (Lipinski definition) is 4. The monoisotopic (exact) mass is 307 g/mol. The molecule has 122 valence electrons. The van der Waals surface area contributed by atoms with Gasteiger partial charge in [0.25, 0.3) is 5.91 Å². The molecule has 1 aromatic rings. The van der Waals surface area contributed by atoms with Crippen LogP contribution in [0.4, 0.5) is 0 Å². The van der Waals surface area contributed by atoms with Crippen LogP contribution in [0.5, 0.6) is 0 Å². The van der Waals surface area contributed by atoms with Crippen molar-refractivity contribution >= 4 is 5.91 Å². The Morgan fingerprint density at radius 3 is 3.09 bits per heavy atom. The first-order chi connectivity index (χ1) is 10.7. The highest BCUT2D eigenvalue weighted by atomic mass is 16.5. The molecule has 0 saturated carbocycles. The van der Waals surface area contributed by atoms with Crippen LogP contribution >= 0.6 is 0 Å². The number of hydrogen-bond donors (Lipinski definition) is 0. The zero-order valence-electron chi connectivity index (χ0n) is 13.2. The molecule has 0 bridgehead atoms. The molecule has 6 nitrogen and oxygen atoms in total. The molecular formula is C16H25N3O3. The largest absolute Gasteiger partial charge is 0.376 e. The predicted molar refractivity (Wildman–Crippen MR) is 81.5 cm³/mol. The van der Waals surface area contributed by atoms with E-state index in [-0.39, 0.29) is 18.1 Å². The number of carbonyl (C=O) groups is 1. The molecule has 2 fully saturated rings. The summed E-state index contributed by atoms with van der Waals surface area (Å²) in [5.41, 5.74) is 0. The maximum atomic E-state index is 12.5. The first kappa shape index (κ1) is 15.5. The molecule has 1 aromatic heterocycles. The van der Waals surface area contributed by atoms with Crippen LogP contribution in [0, 0.1) is 0 Å². The molecule has 0 N–H and O–H groups in total. The van der Waals surface area contributed by atoms with Crippen LogP contribution in [0.3, 0.4) is 0 Å². The molecule has 0 spiro atoms. The van der Waals surface area contributed by atoms with Crippen LogP contribution in [0.2, 0.25) is 0 Å². The van der Waals surface area contributed by atoms with Crippen molar-refractivity contribution in [2.75, 3.05) is 26.3 Å². The van der Waals surface area contributed by atoms with Gasteiger partial charge in [-0.2, -0.15) is 5.10 Å². The van der Waals surface area contributed by atoms with Gasteiger partial charge in [0.15, 0.2) is 0 Å². The van der Waals surface area contributed by atoms with Crippen molar-refractivity contribution in [1.82, 2.24) is 14.7 Å². The molecule has 3 unspecified atom stereocenters. The van der Waals surface area contributed by atoms with Crippen molar-refractivity contribution < 1.29 is 14.3 Å². The molecule has 2 aliphatic rings. The molecule has 6 heteroatoms.